The summed E-state index contributed by atoms with van der Waals surface area (Å²) in [6.45, 7) is 0. The summed E-state index contributed by atoms with van der Waals surface area (Å²) < 4.78 is 51.7. The summed E-state index contributed by atoms with van der Waals surface area (Å²) in [5.41, 5.74) is -0.0776. The van der Waals surface area contributed by atoms with Gasteiger partial charge >= 0.3 is 6.18 Å². The molecule has 0 atom stereocenters. The predicted molar refractivity (Wildman–Crippen MR) is 66.2 cm³/mol. The normalized spacial score (nSPS) is 11.2. The molecular weight excluding hydrogens is 270 g/mol. The van der Waals surface area contributed by atoms with Gasteiger partial charge in [0.2, 0.25) is 0 Å². The quantitative estimate of drug-likeness (QED) is 0.738. The third-order valence-corrected chi connectivity index (χ3v) is 2.86. The lowest BCUT2D eigenvalue weighted by Crippen LogP contribution is -2.09. The standard InChI is InChI=1S/C15H9F4N/c16-13-5-3-10(4-6-13)12-2-1-11(7-8-20)14(9-12)15(17,18)19/h1-6,9H,7H2. The molecule has 20 heavy (non-hydrogen) atoms. The van der Waals surface area contributed by atoms with Crippen LogP contribution in [0.2, 0.25) is 0 Å². The van der Waals surface area contributed by atoms with Gasteiger partial charge in [-0.05, 0) is 34.9 Å². The highest BCUT2D eigenvalue weighted by atomic mass is 19.4. The first-order valence-electron chi connectivity index (χ1n) is 5.75. The first kappa shape index (κ1) is 14.1. The van der Waals surface area contributed by atoms with Crippen LogP contribution in [0.25, 0.3) is 11.1 Å². The summed E-state index contributed by atoms with van der Waals surface area (Å²) in [7, 11) is 0. The molecule has 0 saturated heterocycles. The molecule has 0 aromatic heterocycles. The van der Waals surface area contributed by atoms with E-state index in [1.807, 2.05) is 0 Å². The van der Waals surface area contributed by atoms with Crippen molar-refractivity contribution in [2.45, 2.75) is 12.6 Å². The summed E-state index contributed by atoms with van der Waals surface area (Å²) in [6, 6.07) is 10.7. The molecule has 102 valence electrons. The van der Waals surface area contributed by atoms with Gasteiger partial charge in [0.1, 0.15) is 5.82 Å². The monoisotopic (exact) mass is 279 g/mol. The Morgan fingerprint density at radius 2 is 1.55 bits per heavy atom. The fourth-order valence-electron chi connectivity index (χ4n) is 1.90. The molecule has 0 fully saturated rings. The number of hydrogen-bond donors (Lipinski definition) is 0. The zero-order valence-electron chi connectivity index (χ0n) is 10.2. The highest BCUT2D eigenvalue weighted by molar-refractivity contribution is 5.65. The summed E-state index contributed by atoms with van der Waals surface area (Å²) >= 11 is 0. The highest BCUT2D eigenvalue weighted by Crippen LogP contribution is 2.35. The molecule has 2 aromatic carbocycles. The number of nitriles is 1. The summed E-state index contributed by atoms with van der Waals surface area (Å²) in [6.07, 6.45) is -4.83. The molecule has 0 saturated carbocycles. The maximum absolute atomic E-state index is 13.0. The molecule has 0 radical (unpaired) electrons. The van der Waals surface area contributed by atoms with E-state index < -0.39 is 17.6 Å². The molecule has 0 unspecified atom stereocenters. The maximum atomic E-state index is 13.0. The average molecular weight is 279 g/mol. The number of hydrogen-bond acceptors (Lipinski definition) is 1. The third kappa shape index (κ3) is 2.97. The lowest BCUT2D eigenvalue weighted by atomic mass is 9.97. The number of nitrogens with zero attached hydrogens (tertiary/aromatic N) is 1. The van der Waals surface area contributed by atoms with Crippen molar-refractivity contribution in [3.8, 4) is 17.2 Å². The minimum Gasteiger partial charge on any atom is -0.207 e. The fourth-order valence-corrected chi connectivity index (χ4v) is 1.90. The summed E-state index contributed by atoms with van der Waals surface area (Å²) in [5.74, 6) is -0.453. The average Bonchev–Trinajstić information content (AvgIpc) is 2.39. The van der Waals surface area contributed by atoms with Crippen molar-refractivity contribution >= 4 is 0 Å². The van der Waals surface area contributed by atoms with Gasteiger partial charge in [-0.1, -0.05) is 24.3 Å². The van der Waals surface area contributed by atoms with E-state index in [4.69, 9.17) is 5.26 Å². The number of rotatable bonds is 2. The van der Waals surface area contributed by atoms with Crippen LogP contribution in [-0.2, 0) is 12.6 Å². The molecule has 0 heterocycles. The van der Waals surface area contributed by atoms with Crippen LogP contribution in [0.4, 0.5) is 17.6 Å². The van der Waals surface area contributed by atoms with Crippen molar-refractivity contribution in [2.75, 3.05) is 0 Å². The van der Waals surface area contributed by atoms with Crippen LogP contribution in [0.1, 0.15) is 11.1 Å². The Hall–Kier alpha value is -2.35. The molecular formula is C15H9F4N. The van der Waals surface area contributed by atoms with Gasteiger partial charge in [0.25, 0.3) is 0 Å². The SMILES string of the molecule is N#CCc1ccc(-c2ccc(F)cc2)cc1C(F)(F)F. The summed E-state index contributed by atoms with van der Waals surface area (Å²) in [4.78, 5) is 0. The van der Waals surface area contributed by atoms with Gasteiger partial charge in [0, 0.05) is 0 Å². The minimum atomic E-state index is -4.53. The van der Waals surface area contributed by atoms with Crippen molar-refractivity contribution in [1.29, 1.82) is 5.26 Å². The molecule has 1 nitrogen and oxygen atoms in total. The molecule has 0 spiro atoms. The van der Waals surface area contributed by atoms with Gasteiger partial charge in [0.05, 0.1) is 18.1 Å². The van der Waals surface area contributed by atoms with E-state index in [0.29, 0.717) is 11.1 Å². The molecule has 0 N–H and O–H groups in total. The van der Waals surface area contributed by atoms with Crippen LogP contribution in [0.5, 0.6) is 0 Å². The molecule has 0 aliphatic carbocycles. The van der Waals surface area contributed by atoms with Crippen LogP contribution < -0.4 is 0 Å². The van der Waals surface area contributed by atoms with Crippen LogP contribution >= 0.6 is 0 Å². The van der Waals surface area contributed by atoms with Crippen molar-refractivity contribution < 1.29 is 17.6 Å². The Morgan fingerprint density at radius 3 is 2.10 bits per heavy atom. The number of benzene rings is 2. The highest BCUT2D eigenvalue weighted by Gasteiger charge is 2.33. The van der Waals surface area contributed by atoms with Crippen molar-refractivity contribution in [3.63, 3.8) is 0 Å². The molecule has 0 aliphatic rings. The molecule has 2 rings (SSSR count). The lowest BCUT2D eigenvalue weighted by Gasteiger charge is -2.13. The molecule has 2 aromatic rings. The number of alkyl halides is 3. The van der Waals surface area contributed by atoms with Gasteiger partial charge in [0.15, 0.2) is 0 Å². The molecule has 5 heteroatoms. The second-order valence-corrected chi connectivity index (χ2v) is 4.21. The molecule has 0 amide bonds. The van der Waals surface area contributed by atoms with Gasteiger partial charge in [-0.25, -0.2) is 4.39 Å². The van der Waals surface area contributed by atoms with E-state index in [2.05, 4.69) is 0 Å². The summed E-state index contributed by atoms with van der Waals surface area (Å²) in [5, 5.41) is 8.57. The predicted octanol–water partition coefficient (Wildman–Crippen LogP) is 4.58. The van der Waals surface area contributed by atoms with Gasteiger partial charge in [-0.3, -0.25) is 0 Å². The maximum Gasteiger partial charge on any atom is 0.416 e. The van der Waals surface area contributed by atoms with Crippen LogP contribution in [0.15, 0.2) is 42.5 Å². The zero-order chi connectivity index (χ0) is 14.8. The smallest absolute Gasteiger partial charge is 0.207 e. The number of halogens is 4. The van der Waals surface area contributed by atoms with Gasteiger partial charge < -0.3 is 0 Å². The second kappa shape index (κ2) is 5.33. The van der Waals surface area contributed by atoms with Crippen molar-refractivity contribution in [2.24, 2.45) is 0 Å². The first-order chi connectivity index (χ1) is 9.41. The van der Waals surface area contributed by atoms with E-state index in [-0.39, 0.29) is 12.0 Å². The fraction of sp³-hybridized carbons (Fsp3) is 0.133. The molecule has 0 bridgehead atoms. The Labute approximate surface area is 113 Å². The molecule has 0 aliphatic heterocycles. The second-order valence-electron chi connectivity index (χ2n) is 4.21. The zero-order valence-corrected chi connectivity index (χ0v) is 10.2. The van der Waals surface area contributed by atoms with Crippen LogP contribution in [-0.4, -0.2) is 0 Å². The van der Waals surface area contributed by atoms with E-state index in [9.17, 15) is 17.6 Å². The Balaban J connectivity index is 2.52. The third-order valence-electron chi connectivity index (χ3n) is 2.86. The van der Waals surface area contributed by atoms with Crippen LogP contribution in [0, 0.1) is 17.1 Å². The lowest BCUT2D eigenvalue weighted by molar-refractivity contribution is -0.138. The van der Waals surface area contributed by atoms with Gasteiger partial charge in [-0.2, -0.15) is 18.4 Å². The first-order valence-corrected chi connectivity index (χ1v) is 5.75. The largest absolute Gasteiger partial charge is 0.416 e. The van der Waals surface area contributed by atoms with Gasteiger partial charge in [-0.15, -0.1) is 0 Å². The van der Waals surface area contributed by atoms with Crippen LogP contribution in [0.3, 0.4) is 0 Å². The topological polar surface area (TPSA) is 23.8 Å². The van der Waals surface area contributed by atoms with E-state index in [0.717, 1.165) is 6.07 Å². The van der Waals surface area contributed by atoms with E-state index >= 15 is 0 Å². The van der Waals surface area contributed by atoms with E-state index in [1.54, 1.807) is 6.07 Å². The minimum absolute atomic E-state index is 0.0640. The Kier molecular flexibility index (Phi) is 3.75. The Morgan fingerprint density at radius 1 is 0.950 bits per heavy atom. The van der Waals surface area contributed by atoms with Crippen molar-refractivity contribution in [3.05, 3.63) is 59.4 Å². The Bertz CT molecular complexity index is 651. The van der Waals surface area contributed by atoms with E-state index in [1.165, 1.54) is 36.4 Å². The van der Waals surface area contributed by atoms with Crippen molar-refractivity contribution in [1.82, 2.24) is 0 Å².